The monoisotopic (exact) mass is 256 g/mol. The lowest BCUT2D eigenvalue weighted by Gasteiger charge is -2.17. The summed E-state index contributed by atoms with van der Waals surface area (Å²) in [6.07, 6.45) is 3.63. The van der Waals surface area contributed by atoms with Crippen molar-refractivity contribution in [3.05, 3.63) is 59.4 Å². The summed E-state index contributed by atoms with van der Waals surface area (Å²) >= 11 is 0. The van der Waals surface area contributed by atoms with Crippen molar-refractivity contribution in [3.63, 3.8) is 0 Å². The van der Waals surface area contributed by atoms with E-state index in [1.807, 2.05) is 36.5 Å². The third-order valence-electron chi connectivity index (χ3n) is 3.28. The Labute approximate surface area is 113 Å². The first kappa shape index (κ1) is 13.5. The molecule has 0 fully saturated rings. The number of anilines is 1. The highest BCUT2D eigenvalue weighted by atomic mass is 15.2. The van der Waals surface area contributed by atoms with Crippen LogP contribution in [-0.4, -0.2) is 4.98 Å². The third kappa shape index (κ3) is 3.30. The van der Waals surface area contributed by atoms with Gasteiger partial charge >= 0.3 is 0 Å². The van der Waals surface area contributed by atoms with Crippen molar-refractivity contribution >= 4 is 5.69 Å². The molecule has 4 heteroatoms. The number of nitrogen functional groups attached to an aromatic ring is 1. The highest BCUT2D eigenvalue weighted by Gasteiger charge is 2.13. The molecule has 2 rings (SSSR count). The first-order chi connectivity index (χ1) is 9.24. The number of hydrogen-bond donors (Lipinski definition) is 3. The number of aryl methyl sites for hydroxylation is 1. The van der Waals surface area contributed by atoms with Crippen LogP contribution in [0.5, 0.6) is 0 Å². The number of hydrogen-bond acceptors (Lipinski definition) is 4. The molecule has 1 heterocycles. The van der Waals surface area contributed by atoms with Gasteiger partial charge in [-0.2, -0.15) is 0 Å². The summed E-state index contributed by atoms with van der Waals surface area (Å²) in [7, 11) is 0. The molecule has 0 saturated heterocycles. The summed E-state index contributed by atoms with van der Waals surface area (Å²) in [5.74, 6) is 5.64. The Hall–Kier alpha value is -1.91. The molecule has 2 aromatic rings. The van der Waals surface area contributed by atoms with E-state index in [0.29, 0.717) is 6.42 Å². The summed E-state index contributed by atoms with van der Waals surface area (Å²) in [6, 6.07) is 11.9. The van der Waals surface area contributed by atoms with Crippen LogP contribution < -0.4 is 17.0 Å². The normalized spacial score (nSPS) is 12.3. The highest BCUT2D eigenvalue weighted by Crippen LogP contribution is 2.22. The Morgan fingerprint density at radius 2 is 2.00 bits per heavy atom. The van der Waals surface area contributed by atoms with Crippen molar-refractivity contribution in [3.8, 4) is 0 Å². The molecular formula is C15H20N4. The van der Waals surface area contributed by atoms with Crippen LogP contribution in [0.4, 0.5) is 5.69 Å². The first-order valence-electron chi connectivity index (χ1n) is 6.49. The Morgan fingerprint density at radius 1 is 1.21 bits per heavy atom. The van der Waals surface area contributed by atoms with Crippen LogP contribution in [0.3, 0.4) is 0 Å². The van der Waals surface area contributed by atoms with Gasteiger partial charge in [-0.1, -0.05) is 31.2 Å². The fourth-order valence-corrected chi connectivity index (χ4v) is 2.08. The molecule has 0 spiro atoms. The van der Waals surface area contributed by atoms with Crippen LogP contribution >= 0.6 is 0 Å². The predicted octanol–water partition coefficient (Wildman–Crippen LogP) is 1.97. The standard InChI is InChI=1S/C15H20N4/c1-2-11-7-8-12(18-10-11)9-15(19-17)13-5-3-4-6-14(13)16/h3-8,10,15,19H,2,9,16-17H2,1H3. The quantitative estimate of drug-likeness (QED) is 0.434. The van der Waals surface area contributed by atoms with Gasteiger partial charge in [-0.3, -0.25) is 16.3 Å². The second kappa shape index (κ2) is 6.31. The zero-order valence-electron chi connectivity index (χ0n) is 11.1. The van der Waals surface area contributed by atoms with Gasteiger partial charge in [0.2, 0.25) is 0 Å². The number of nitrogens with two attached hydrogens (primary N) is 2. The number of para-hydroxylation sites is 1. The lowest BCUT2D eigenvalue weighted by molar-refractivity contribution is 0.547. The van der Waals surface area contributed by atoms with Gasteiger partial charge in [0.25, 0.3) is 0 Å². The van der Waals surface area contributed by atoms with Crippen molar-refractivity contribution in [1.29, 1.82) is 0 Å². The molecule has 1 aromatic carbocycles. The van der Waals surface area contributed by atoms with Gasteiger partial charge in [-0.25, -0.2) is 0 Å². The zero-order chi connectivity index (χ0) is 13.7. The number of nitrogens with zero attached hydrogens (tertiary/aromatic N) is 1. The number of hydrazine groups is 1. The van der Waals surface area contributed by atoms with Crippen molar-refractivity contribution in [2.24, 2.45) is 5.84 Å². The summed E-state index contributed by atoms with van der Waals surface area (Å²) in [5, 5.41) is 0. The maximum Gasteiger partial charge on any atom is 0.0535 e. The molecule has 0 saturated carbocycles. The summed E-state index contributed by atoms with van der Waals surface area (Å²) in [6.45, 7) is 2.12. The summed E-state index contributed by atoms with van der Waals surface area (Å²) in [5.41, 5.74) is 12.8. The molecule has 0 aliphatic rings. The van der Waals surface area contributed by atoms with E-state index in [0.717, 1.165) is 23.4 Å². The number of rotatable bonds is 5. The molecule has 1 atom stereocenters. The fraction of sp³-hybridized carbons (Fsp3) is 0.267. The Kier molecular flexibility index (Phi) is 4.49. The number of pyridine rings is 1. The molecule has 1 unspecified atom stereocenters. The van der Waals surface area contributed by atoms with E-state index in [9.17, 15) is 0 Å². The number of benzene rings is 1. The topological polar surface area (TPSA) is 77.0 Å². The van der Waals surface area contributed by atoms with Crippen molar-refractivity contribution in [2.45, 2.75) is 25.8 Å². The zero-order valence-corrected chi connectivity index (χ0v) is 11.1. The van der Waals surface area contributed by atoms with Gasteiger partial charge in [0, 0.05) is 24.0 Å². The number of aromatic nitrogens is 1. The van der Waals surface area contributed by atoms with Gasteiger partial charge < -0.3 is 5.73 Å². The minimum absolute atomic E-state index is 0.0267. The lowest BCUT2D eigenvalue weighted by atomic mass is 10.0. The number of nitrogens with one attached hydrogen (secondary N) is 1. The Bertz CT molecular complexity index is 522. The molecule has 19 heavy (non-hydrogen) atoms. The van der Waals surface area contributed by atoms with E-state index in [1.54, 1.807) is 0 Å². The second-order valence-electron chi connectivity index (χ2n) is 4.56. The molecule has 0 aliphatic heterocycles. The van der Waals surface area contributed by atoms with Crippen LogP contribution in [0.1, 0.15) is 29.8 Å². The second-order valence-corrected chi connectivity index (χ2v) is 4.56. The minimum atomic E-state index is -0.0267. The van der Waals surface area contributed by atoms with E-state index in [2.05, 4.69) is 23.4 Å². The molecule has 0 aliphatic carbocycles. The average molecular weight is 256 g/mol. The third-order valence-corrected chi connectivity index (χ3v) is 3.28. The van der Waals surface area contributed by atoms with E-state index in [4.69, 9.17) is 11.6 Å². The summed E-state index contributed by atoms with van der Waals surface area (Å²) in [4.78, 5) is 4.46. The van der Waals surface area contributed by atoms with Crippen molar-refractivity contribution < 1.29 is 0 Å². The SMILES string of the molecule is CCc1ccc(CC(NN)c2ccccc2N)nc1. The molecule has 0 radical (unpaired) electrons. The van der Waals surface area contributed by atoms with Gasteiger partial charge in [0.1, 0.15) is 0 Å². The molecular weight excluding hydrogens is 236 g/mol. The fourth-order valence-electron chi connectivity index (χ4n) is 2.08. The molecule has 1 aromatic heterocycles. The average Bonchev–Trinajstić information content (AvgIpc) is 2.46. The highest BCUT2D eigenvalue weighted by molar-refractivity contribution is 5.48. The lowest BCUT2D eigenvalue weighted by Crippen LogP contribution is -2.30. The van der Waals surface area contributed by atoms with E-state index in [1.165, 1.54) is 5.56 Å². The maximum atomic E-state index is 5.98. The Balaban J connectivity index is 2.17. The molecule has 0 bridgehead atoms. The van der Waals surface area contributed by atoms with Crippen molar-refractivity contribution in [2.75, 3.05) is 5.73 Å². The van der Waals surface area contributed by atoms with Crippen molar-refractivity contribution in [1.82, 2.24) is 10.4 Å². The maximum absolute atomic E-state index is 5.98. The molecule has 0 amide bonds. The van der Waals surface area contributed by atoms with Crippen LogP contribution in [0.2, 0.25) is 0 Å². The van der Waals surface area contributed by atoms with E-state index >= 15 is 0 Å². The predicted molar refractivity (Wildman–Crippen MR) is 78.2 cm³/mol. The minimum Gasteiger partial charge on any atom is -0.398 e. The van der Waals surface area contributed by atoms with Crippen LogP contribution in [-0.2, 0) is 12.8 Å². The molecule has 100 valence electrons. The smallest absolute Gasteiger partial charge is 0.0535 e. The van der Waals surface area contributed by atoms with E-state index in [-0.39, 0.29) is 6.04 Å². The van der Waals surface area contributed by atoms with Crippen LogP contribution in [0, 0.1) is 0 Å². The largest absolute Gasteiger partial charge is 0.398 e. The van der Waals surface area contributed by atoms with Crippen LogP contribution in [0.15, 0.2) is 42.6 Å². The van der Waals surface area contributed by atoms with Gasteiger partial charge in [-0.05, 0) is 29.7 Å². The first-order valence-corrected chi connectivity index (χ1v) is 6.49. The molecule has 4 nitrogen and oxygen atoms in total. The Morgan fingerprint density at radius 3 is 2.58 bits per heavy atom. The molecule has 5 N–H and O–H groups in total. The summed E-state index contributed by atoms with van der Waals surface area (Å²) < 4.78 is 0. The van der Waals surface area contributed by atoms with Gasteiger partial charge in [-0.15, -0.1) is 0 Å². The van der Waals surface area contributed by atoms with Crippen LogP contribution in [0.25, 0.3) is 0 Å². The van der Waals surface area contributed by atoms with E-state index < -0.39 is 0 Å². The van der Waals surface area contributed by atoms with Gasteiger partial charge in [0.05, 0.1) is 6.04 Å². The van der Waals surface area contributed by atoms with Gasteiger partial charge in [0.15, 0.2) is 0 Å².